The van der Waals surface area contributed by atoms with Crippen molar-refractivity contribution in [2.75, 3.05) is 0 Å². The molecule has 7 heteroatoms. The van der Waals surface area contributed by atoms with Gasteiger partial charge in [0.25, 0.3) is 5.91 Å². The summed E-state index contributed by atoms with van der Waals surface area (Å²) in [5, 5.41) is 15.0. The number of pyridine rings is 1. The number of aromatic nitrogens is 1. The minimum Gasteiger partial charge on any atom is -0.393 e. The Morgan fingerprint density at radius 3 is 2.81 bits per heavy atom. The third kappa shape index (κ3) is 2.50. The maximum atomic E-state index is 12.5. The van der Waals surface area contributed by atoms with Crippen molar-refractivity contribution < 1.29 is 19.7 Å². The van der Waals surface area contributed by atoms with Crippen molar-refractivity contribution in [3.8, 4) is 0 Å². The van der Waals surface area contributed by atoms with Gasteiger partial charge in [-0.25, -0.2) is 15.2 Å². The van der Waals surface area contributed by atoms with E-state index in [1.54, 1.807) is 24.5 Å². The van der Waals surface area contributed by atoms with Gasteiger partial charge < -0.3 is 5.11 Å². The van der Waals surface area contributed by atoms with Gasteiger partial charge in [-0.3, -0.25) is 9.78 Å². The van der Waals surface area contributed by atoms with Crippen LogP contribution in [0.2, 0.25) is 0 Å². The lowest BCUT2D eigenvalue weighted by molar-refractivity contribution is -0.496. The van der Waals surface area contributed by atoms with Gasteiger partial charge in [-0.05, 0) is 56.7 Å². The summed E-state index contributed by atoms with van der Waals surface area (Å²) >= 11 is 0. The monoisotopic (exact) mass is 437 g/mol. The zero-order chi connectivity index (χ0) is 22.2. The molecule has 7 rings (SSSR count). The lowest BCUT2D eigenvalue weighted by atomic mass is 9.43. The van der Waals surface area contributed by atoms with E-state index in [9.17, 15) is 9.90 Å². The summed E-state index contributed by atoms with van der Waals surface area (Å²) in [6.45, 7) is 4.61. The Morgan fingerprint density at radius 2 is 2.06 bits per heavy atom. The zero-order valence-corrected chi connectivity index (χ0v) is 18.7. The first-order valence-corrected chi connectivity index (χ1v) is 11.9. The number of aliphatic hydroxyl groups is 1. The number of amides is 1. The minimum absolute atomic E-state index is 0.0466. The van der Waals surface area contributed by atoms with E-state index >= 15 is 0 Å². The summed E-state index contributed by atoms with van der Waals surface area (Å²) in [4.78, 5) is 29.0. The molecule has 3 saturated carbocycles. The second kappa shape index (κ2) is 6.72. The predicted octanol–water partition coefficient (Wildman–Crippen LogP) is 3.55. The molecule has 1 aromatic heterocycles. The van der Waals surface area contributed by atoms with E-state index in [1.807, 2.05) is 0 Å². The molecule has 4 aliphatic carbocycles. The Balaban J connectivity index is 1.31. The van der Waals surface area contributed by atoms with Gasteiger partial charge in [0.05, 0.1) is 11.7 Å². The molecule has 1 saturated heterocycles. The average molecular weight is 438 g/mol. The van der Waals surface area contributed by atoms with Crippen molar-refractivity contribution in [3.05, 3.63) is 42.2 Å². The summed E-state index contributed by atoms with van der Waals surface area (Å²) in [6, 6.07) is 3.48. The SMILES string of the molecule is C[C@]12CC[C@H]3[C@]4(C=C[C@]5(C[C@@H](O)CC[C@]35C)OO4)[C@@H]1CC/C2=N\NC(=O)c1cccnc1. The molecule has 0 aromatic carbocycles. The van der Waals surface area contributed by atoms with Crippen LogP contribution in [-0.4, -0.2) is 39.0 Å². The summed E-state index contributed by atoms with van der Waals surface area (Å²) in [5.41, 5.74) is 3.09. The molecular formula is C25H31N3O4. The number of hydrogen-bond donors (Lipinski definition) is 2. The highest BCUT2D eigenvalue weighted by atomic mass is 17.2. The van der Waals surface area contributed by atoms with Crippen LogP contribution in [0.1, 0.15) is 69.2 Å². The summed E-state index contributed by atoms with van der Waals surface area (Å²) in [6.07, 6.45) is 13.5. The number of nitrogens with zero attached hydrogens (tertiary/aromatic N) is 2. The molecule has 32 heavy (non-hydrogen) atoms. The molecule has 2 bridgehead atoms. The molecule has 1 amide bonds. The van der Waals surface area contributed by atoms with Crippen LogP contribution in [0.25, 0.3) is 0 Å². The number of nitrogens with one attached hydrogen (secondary N) is 1. The highest BCUT2D eigenvalue weighted by Crippen LogP contribution is 2.70. The highest BCUT2D eigenvalue weighted by molar-refractivity contribution is 5.97. The van der Waals surface area contributed by atoms with Crippen LogP contribution in [0, 0.1) is 22.7 Å². The van der Waals surface area contributed by atoms with Gasteiger partial charge in [-0.1, -0.05) is 19.9 Å². The lowest BCUT2D eigenvalue weighted by Crippen LogP contribution is -2.73. The molecule has 3 heterocycles. The minimum atomic E-state index is -0.530. The number of aliphatic hydroxyl groups excluding tert-OH is 1. The molecular weight excluding hydrogens is 406 g/mol. The predicted molar refractivity (Wildman–Crippen MR) is 117 cm³/mol. The summed E-state index contributed by atoms with van der Waals surface area (Å²) in [5.74, 6) is 0.349. The van der Waals surface area contributed by atoms with E-state index in [0.29, 0.717) is 17.9 Å². The number of fused-ring (bicyclic) bond motifs is 2. The summed E-state index contributed by atoms with van der Waals surface area (Å²) in [7, 11) is 0. The van der Waals surface area contributed by atoms with Crippen LogP contribution in [0.5, 0.6) is 0 Å². The van der Waals surface area contributed by atoms with Crippen molar-refractivity contribution in [1.29, 1.82) is 0 Å². The van der Waals surface area contributed by atoms with E-state index < -0.39 is 11.2 Å². The fourth-order valence-corrected chi connectivity index (χ4v) is 7.76. The Kier molecular flexibility index (Phi) is 4.30. The molecule has 4 fully saturated rings. The number of carbonyl (C=O) groups is 1. The first-order chi connectivity index (χ1) is 15.3. The normalized spacial score (nSPS) is 47.6. The second-order valence-electron chi connectivity index (χ2n) is 10.9. The fourth-order valence-electron chi connectivity index (χ4n) is 7.76. The second-order valence-corrected chi connectivity index (χ2v) is 10.9. The van der Waals surface area contributed by atoms with Gasteiger partial charge in [-0.15, -0.1) is 0 Å². The van der Waals surface area contributed by atoms with E-state index in [-0.39, 0.29) is 28.8 Å². The molecule has 170 valence electrons. The smallest absolute Gasteiger partial charge is 0.272 e. The molecule has 1 aromatic rings. The third-order valence-corrected chi connectivity index (χ3v) is 9.58. The van der Waals surface area contributed by atoms with Gasteiger partial charge in [-0.2, -0.15) is 5.10 Å². The van der Waals surface area contributed by atoms with Gasteiger partial charge in [0.1, 0.15) is 11.2 Å². The van der Waals surface area contributed by atoms with Crippen LogP contribution in [0.3, 0.4) is 0 Å². The fraction of sp³-hybridized carbons (Fsp3) is 0.640. The quantitative estimate of drug-likeness (QED) is 0.419. The zero-order valence-electron chi connectivity index (χ0n) is 18.7. The molecule has 2 aliphatic heterocycles. The van der Waals surface area contributed by atoms with E-state index in [2.05, 4.69) is 41.5 Å². The van der Waals surface area contributed by atoms with E-state index in [0.717, 1.165) is 44.2 Å². The first kappa shape index (κ1) is 20.5. The van der Waals surface area contributed by atoms with Gasteiger partial charge >= 0.3 is 0 Å². The van der Waals surface area contributed by atoms with Crippen molar-refractivity contribution in [3.63, 3.8) is 0 Å². The lowest BCUT2D eigenvalue weighted by Gasteiger charge is -2.69. The molecule has 7 nitrogen and oxygen atoms in total. The Hall–Kier alpha value is -2.09. The van der Waals surface area contributed by atoms with Crippen molar-refractivity contribution in [2.24, 2.45) is 27.8 Å². The van der Waals surface area contributed by atoms with Gasteiger partial charge in [0, 0.05) is 47.2 Å². The number of hydrazone groups is 1. The Morgan fingerprint density at radius 1 is 1.19 bits per heavy atom. The molecule has 2 N–H and O–H groups in total. The van der Waals surface area contributed by atoms with Crippen LogP contribution in [0.15, 0.2) is 41.8 Å². The summed E-state index contributed by atoms with van der Waals surface area (Å²) < 4.78 is 0. The van der Waals surface area contributed by atoms with Crippen LogP contribution in [0.4, 0.5) is 0 Å². The topological polar surface area (TPSA) is 93.0 Å². The van der Waals surface area contributed by atoms with Gasteiger partial charge in [0.2, 0.25) is 0 Å². The largest absolute Gasteiger partial charge is 0.393 e. The number of hydrogen-bond acceptors (Lipinski definition) is 6. The standard InChI is InChI=1S/C25H31N3O4/c1-22-9-8-19-23(2)10-7-17(29)14-24(23)11-12-25(19,32-31-24)18(22)5-6-20(22)27-28-21(30)16-4-3-13-26-15-16/h3-4,11-13,15,17-19,29H,5-10,14H2,1-2H3,(H,28,30)/b27-20+/t17-,18+,19+,22-,23+,24+,25-/m0/s1. The maximum absolute atomic E-state index is 12.5. The van der Waals surface area contributed by atoms with Crippen molar-refractivity contribution in [2.45, 2.75) is 76.1 Å². The molecule has 6 aliphatic rings. The molecule has 2 spiro atoms. The molecule has 0 unspecified atom stereocenters. The Bertz CT molecular complexity index is 1010. The Labute approximate surface area is 188 Å². The number of carbonyl (C=O) groups excluding carboxylic acids is 1. The average Bonchev–Trinajstić information content (AvgIpc) is 3.15. The van der Waals surface area contributed by atoms with Crippen LogP contribution < -0.4 is 5.43 Å². The van der Waals surface area contributed by atoms with Crippen molar-refractivity contribution >= 4 is 11.6 Å². The van der Waals surface area contributed by atoms with Gasteiger partial charge in [0.15, 0.2) is 0 Å². The first-order valence-electron chi connectivity index (χ1n) is 11.9. The van der Waals surface area contributed by atoms with E-state index in [4.69, 9.17) is 9.78 Å². The number of rotatable bonds is 2. The van der Waals surface area contributed by atoms with Crippen LogP contribution in [-0.2, 0) is 9.78 Å². The third-order valence-electron chi connectivity index (χ3n) is 9.58. The van der Waals surface area contributed by atoms with E-state index in [1.165, 1.54) is 0 Å². The molecule has 0 radical (unpaired) electrons. The van der Waals surface area contributed by atoms with Crippen LogP contribution >= 0.6 is 0 Å². The van der Waals surface area contributed by atoms with Crippen molar-refractivity contribution in [1.82, 2.24) is 10.4 Å². The highest BCUT2D eigenvalue weighted by Gasteiger charge is 2.74. The maximum Gasteiger partial charge on any atom is 0.272 e. The molecule has 7 atom stereocenters.